The fraction of sp³-hybridized carbons (Fsp3) is 0.353. The van der Waals surface area contributed by atoms with Crippen molar-refractivity contribution in [1.29, 1.82) is 0 Å². The van der Waals surface area contributed by atoms with Crippen molar-refractivity contribution in [2.45, 2.75) is 75.9 Å². The third-order valence-corrected chi connectivity index (χ3v) is 8.92. The van der Waals surface area contributed by atoms with E-state index in [1.54, 1.807) is 0 Å². The number of hydrogen-bond donors (Lipinski definition) is 1. The molecule has 5 nitrogen and oxygen atoms in total. The Balaban J connectivity index is 1.65. The molecule has 0 bridgehead atoms. The molecule has 2 aliphatic rings. The van der Waals surface area contributed by atoms with Crippen LogP contribution < -0.4 is 0 Å². The molecule has 6 heteroatoms. The van der Waals surface area contributed by atoms with Crippen LogP contribution in [0.25, 0.3) is 0 Å². The van der Waals surface area contributed by atoms with Crippen LogP contribution in [0.2, 0.25) is 0 Å². The minimum absolute atomic E-state index is 0.0460. The summed E-state index contributed by atoms with van der Waals surface area (Å²) in [7, 11) is 0. The lowest BCUT2D eigenvalue weighted by atomic mass is 9.68. The van der Waals surface area contributed by atoms with Crippen molar-refractivity contribution >= 4 is 23.6 Å². The van der Waals surface area contributed by atoms with E-state index in [1.807, 2.05) is 82.3 Å². The molecule has 208 valence electrons. The summed E-state index contributed by atoms with van der Waals surface area (Å²) in [4.78, 5) is 19.3. The Morgan fingerprint density at radius 1 is 1.05 bits per heavy atom. The lowest BCUT2D eigenvalue weighted by Crippen LogP contribution is -2.43. The third-order valence-electron chi connectivity index (χ3n) is 7.78. The van der Waals surface area contributed by atoms with Crippen molar-refractivity contribution in [2.75, 3.05) is 6.54 Å². The van der Waals surface area contributed by atoms with Gasteiger partial charge in [0.25, 0.3) is 0 Å². The summed E-state index contributed by atoms with van der Waals surface area (Å²) >= 11 is 1.30. The molecule has 0 amide bonds. The fourth-order valence-electron chi connectivity index (χ4n) is 5.57. The minimum atomic E-state index is -0.977. The predicted molar refractivity (Wildman–Crippen MR) is 161 cm³/mol. The molecule has 3 aromatic carbocycles. The molecule has 2 aliphatic heterocycles. The number of thioether (sulfide) groups is 1. The van der Waals surface area contributed by atoms with E-state index < -0.39 is 17.5 Å². The van der Waals surface area contributed by atoms with Gasteiger partial charge in [-0.15, -0.1) is 0 Å². The number of rotatable bonds is 7. The molecule has 0 saturated carbocycles. The normalized spacial score (nSPS) is 22.2. The molecule has 40 heavy (non-hydrogen) atoms. The number of benzene rings is 3. The molecule has 2 heterocycles. The first-order valence-corrected chi connectivity index (χ1v) is 14.7. The summed E-state index contributed by atoms with van der Waals surface area (Å²) in [6.45, 7) is 13.0. The topological polar surface area (TPSA) is 68.1 Å². The molecule has 0 spiro atoms. The largest absolute Gasteiger partial charge is 0.510 e. The zero-order chi connectivity index (χ0) is 28.7. The summed E-state index contributed by atoms with van der Waals surface area (Å²) in [6, 6.07) is 23.9. The lowest BCUT2D eigenvalue weighted by molar-refractivity contribution is -0.151. The van der Waals surface area contributed by atoms with Crippen LogP contribution in [0, 0.1) is 6.92 Å². The molecule has 2 unspecified atom stereocenters. The summed E-state index contributed by atoms with van der Waals surface area (Å²) in [6.07, 6.45) is -0.174. The average molecular weight is 556 g/mol. The standard InChI is InChI=1S/C34H37NO4S/c1-7-34(25-16-14-24(15-17-25)31-35-20-33(5,6)39-31)29(36)28(32(37)38-30(34)23-11-9-8-10-12-23)40-27-19-22(4)13-18-26(27)21(2)3/h8-19,21,30,36H,7,20H2,1-6H3. The Morgan fingerprint density at radius 2 is 1.75 bits per heavy atom. The van der Waals surface area contributed by atoms with Gasteiger partial charge in [-0.25, -0.2) is 9.79 Å². The second-order valence-electron chi connectivity index (χ2n) is 11.6. The maximum absolute atomic E-state index is 13.6. The number of carbonyl (C=O) groups excluding carboxylic acids is 1. The first kappa shape index (κ1) is 28.0. The maximum Gasteiger partial charge on any atom is 0.349 e. The van der Waals surface area contributed by atoms with Crippen molar-refractivity contribution < 1.29 is 19.4 Å². The maximum atomic E-state index is 13.6. The summed E-state index contributed by atoms with van der Waals surface area (Å²) < 4.78 is 12.3. The highest BCUT2D eigenvalue weighted by Crippen LogP contribution is 2.54. The van der Waals surface area contributed by atoms with E-state index >= 15 is 0 Å². The smallest absolute Gasteiger partial charge is 0.349 e. The number of esters is 1. The van der Waals surface area contributed by atoms with Crippen LogP contribution in [0.1, 0.15) is 80.9 Å². The van der Waals surface area contributed by atoms with Crippen LogP contribution >= 0.6 is 11.8 Å². The van der Waals surface area contributed by atoms with E-state index in [0.29, 0.717) is 18.9 Å². The van der Waals surface area contributed by atoms with Crippen LogP contribution in [-0.2, 0) is 19.7 Å². The molecule has 0 aromatic heterocycles. The number of hydrogen-bond acceptors (Lipinski definition) is 6. The first-order valence-electron chi connectivity index (χ1n) is 13.9. The number of ether oxygens (including phenoxy) is 2. The van der Waals surface area contributed by atoms with Gasteiger partial charge < -0.3 is 14.6 Å². The summed E-state index contributed by atoms with van der Waals surface area (Å²) in [5.74, 6) is 0.416. The van der Waals surface area contributed by atoms with E-state index in [-0.39, 0.29) is 22.2 Å². The number of nitrogens with zero attached hydrogens (tertiary/aromatic N) is 1. The van der Waals surface area contributed by atoms with Crippen molar-refractivity contribution in [3.63, 3.8) is 0 Å². The molecule has 5 rings (SSSR count). The number of cyclic esters (lactones) is 1. The molecule has 0 radical (unpaired) electrons. The van der Waals surface area contributed by atoms with Gasteiger partial charge >= 0.3 is 5.97 Å². The Bertz CT molecular complexity index is 1470. The van der Waals surface area contributed by atoms with E-state index in [2.05, 4.69) is 37.0 Å². The van der Waals surface area contributed by atoms with Crippen LogP contribution in [0.4, 0.5) is 0 Å². The van der Waals surface area contributed by atoms with E-state index in [0.717, 1.165) is 32.7 Å². The van der Waals surface area contributed by atoms with Crippen LogP contribution in [0.3, 0.4) is 0 Å². The van der Waals surface area contributed by atoms with Crippen molar-refractivity contribution in [1.82, 2.24) is 0 Å². The second-order valence-corrected chi connectivity index (χ2v) is 12.6. The molecular formula is C34H37NO4S. The Kier molecular flexibility index (Phi) is 7.58. The van der Waals surface area contributed by atoms with Crippen molar-refractivity contribution in [3.05, 3.63) is 111 Å². The second kappa shape index (κ2) is 10.8. The number of aliphatic hydroxyl groups is 1. The zero-order valence-corrected chi connectivity index (χ0v) is 24.8. The Morgan fingerprint density at radius 3 is 2.35 bits per heavy atom. The van der Waals surface area contributed by atoms with Gasteiger partial charge in [0.1, 0.15) is 22.4 Å². The van der Waals surface area contributed by atoms with E-state index in [9.17, 15) is 9.90 Å². The monoisotopic (exact) mass is 555 g/mol. The highest BCUT2D eigenvalue weighted by atomic mass is 32.2. The average Bonchev–Trinajstić information content (AvgIpc) is 3.31. The summed E-state index contributed by atoms with van der Waals surface area (Å²) in [5.41, 5.74) is 3.49. The molecule has 0 fully saturated rings. The molecule has 0 aliphatic carbocycles. The van der Waals surface area contributed by atoms with Gasteiger partial charge in [-0.3, -0.25) is 0 Å². The molecule has 2 atom stereocenters. The molecule has 1 N–H and O–H groups in total. The zero-order valence-electron chi connectivity index (χ0n) is 24.0. The lowest BCUT2D eigenvalue weighted by Gasteiger charge is -2.43. The number of aliphatic hydroxyl groups excluding tert-OH is 1. The molecule has 3 aromatic rings. The van der Waals surface area contributed by atoms with Gasteiger partial charge in [0.15, 0.2) is 0 Å². The van der Waals surface area contributed by atoms with Crippen molar-refractivity contribution in [2.24, 2.45) is 4.99 Å². The highest BCUT2D eigenvalue weighted by Gasteiger charge is 2.52. The van der Waals surface area contributed by atoms with Gasteiger partial charge in [-0.1, -0.05) is 87.1 Å². The van der Waals surface area contributed by atoms with Gasteiger partial charge in [0.2, 0.25) is 5.90 Å². The minimum Gasteiger partial charge on any atom is -0.510 e. The number of aryl methyl sites for hydroxylation is 1. The SMILES string of the molecule is CCC1(c2ccc(C3=NCC(C)(C)O3)cc2)C(O)=C(Sc2cc(C)ccc2C(C)C)C(=O)OC1c1ccccc1. The first-order chi connectivity index (χ1) is 19.1. The predicted octanol–water partition coefficient (Wildman–Crippen LogP) is 8.18. The van der Waals surface area contributed by atoms with Gasteiger partial charge in [-0.05, 0) is 73.6 Å². The molecular weight excluding hydrogens is 518 g/mol. The van der Waals surface area contributed by atoms with Gasteiger partial charge in [0, 0.05) is 10.5 Å². The number of aliphatic imine (C=N–C) groups is 1. The third kappa shape index (κ3) is 5.05. The van der Waals surface area contributed by atoms with Gasteiger partial charge in [0.05, 0.1) is 12.0 Å². The van der Waals surface area contributed by atoms with E-state index in [1.165, 1.54) is 11.8 Å². The Hall–Kier alpha value is -3.51. The molecule has 0 saturated heterocycles. The fourth-order valence-corrected chi connectivity index (χ4v) is 6.86. The van der Waals surface area contributed by atoms with Crippen LogP contribution in [-0.4, -0.2) is 29.1 Å². The number of carbonyl (C=O) groups is 1. The highest BCUT2D eigenvalue weighted by molar-refractivity contribution is 8.04. The van der Waals surface area contributed by atoms with Crippen LogP contribution in [0.15, 0.2) is 93.3 Å². The van der Waals surface area contributed by atoms with Gasteiger partial charge in [-0.2, -0.15) is 0 Å². The quantitative estimate of drug-likeness (QED) is 0.298. The van der Waals surface area contributed by atoms with Crippen molar-refractivity contribution in [3.8, 4) is 0 Å². The summed E-state index contributed by atoms with van der Waals surface area (Å²) in [5, 5.41) is 12.2. The Labute approximate surface area is 241 Å². The van der Waals surface area contributed by atoms with Crippen LogP contribution in [0.5, 0.6) is 0 Å². The van der Waals surface area contributed by atoms with E-state index in [4.69, 9.17) is 9.47 Å².